The Balaban J connectivity index is 2.13. The molecule has 20 heavy (non-hydrogen) atoms. The molecule has 1 saturated heterocycles. The van der Waals surface area contributed by atoms with E-state index < -0.39 is 5.97 Å². The third kappa shape index (κ3) is 3.55. The summed E-state index contributed by atoms with van der Waals surface area (Å²) in [7, 11) is 2.98. The van der Waals surface area contributed by atoms with Gasteiger partial charge in [-0.3, -0.25) is 0 Å². The van der Waals surface area contributed by atoms with Gasteiger partial charge in [-0.25, -0.2) is 9.48 Å². The molecule has 1 aliphatic rings. The number of methoxy groups -OCH3 is 2. The van der Waals surface area contributed by atoms with Crippen molar-refractivity contribution in [1.29, 1.82) is 0 Å². The number of esters is 1. The van der Waals surface area contributed by atoms with Crippen LogP contribution in [-0.4, -0.2) is 55.0 Å². The summed E-state index contributed by atoms with van der Waals surface area (Å²) in [5.41, 5.74) is 1.07. The Hall–Kier alpha value is -1.47. The third-order valence-corrected chi connectivity index (χ3v) is 3.53. The second-order valence-corrected chi connectivity index (χ2v) is 4.86. The standard InChI is InChI=1S/C13H21N3O4/c1-18-6-5-11-12(13(17)19-2)14-15-16(11)9-10-3-7-20-8-4-10/h10H,3-9H2,1-2H3. The van der Waals surface area contributed by atoms with Crippen LogP contribution >= 0.6 is 0 Å². The van der Waals surface area contributed by atoms with Gasteiger partial charge < -0.3 is 14.2 Å². The van der Waals surface area contributed by atoms with E-state index in [9.17, 15) is 4.79 Å². The first kappa shape index (κ1) is 14.9. The van der Waals surface area contributed by atoms with Gasteiger partial charge in [0.1, 0.15) is 0 Å². The van der Waals surface area contributed by atoms with E-state index in [1.54, 1.807) is 11.8 Å². The van der Waals surface area contributed by atoms with Crippen molar-refractivity contribution < 1.29 is 19.0 Å². The Labute approximate surface area is 118 Å². The van der Waals surface area contributed by atoms with Crippen LogP contribution in [0.3, 0.4) is 0 Å². The molecule has 1 fully saturated rings. The second kappa shape index (κ2) is 7.35. The average Bonchev–Trinajstić information content (AvgIpc) is 2.88. The van der Waals surface area contributed by atoms with Crippen LogP contribution in [0.5, 0.6) is 0 Å². The molecular weight excluding hydrogens is 262 g/mol. The summed E-state index contributed by atoms with van der Waals surface area (Å²) in [6.07, 6.45) is 2.62. The van der Waals surface area contributed by atoms with Crippen LogP contribution < -0.4 is 0 Å². The highest BCUT2D eigenvalue weighted by Crippen LogP contribution is 2.18. The van der Waals surface area contributed by atoms with Gasteiger partial charge >= 0.3 is 5.97 Å². The van der Waals surface area contributed by atoms with E-state index in [0.29, 0.717) is 18.9 Å². The van der Waals surface area contributed by atoms with Gasteiger partial charge in [-0.05, 0) is 18.8 Å². The van der Waals surface area contributed by atoms with Crippen molar-refractivity contribution in [3.8, 4) is 0 Å². The van der Waals surface area contributed by atoms with E-state index in [-0.39, 0.29) is 5.69 Å². The number of nitrogens with zero attached hydrogens (tertiary/aromatic N) is 3. The van der Waals surface area contributed by atoms with Gasteiger partial charge in [0.2, 0.25) is 0 Å². The quantitative estimate of drug-likeness (QED) is 0.715. The van der Waals surface area contributed by atoms with Crippen molar-refractivity contribution >= 4 is 5.97 Å². The minimum atomic E-state index is -0.450. The van der Waals surface area contributed by atoms with Gasteiger partial charge in [-0.1, -0.05) is 5.21 Å². The normalized spacial score (nSPS) is 16.3. The highest BCUT2D eigenvalue weighted by molar-refractivity contribution is 5.88. The van der Waals surface area contributed by atoms with Crippen molar-refractivity contribution in [2.75, 3.05) is 34.0 Å². The van der Waals surface area contributed by atoms with Crippen molar-refractivity contribution in [3.63, 3.8) is 0 Å². The number of hydrogen-bond donors (Lipinski definition) is 0. The largest absolute Gasteiger partial charge is 0.464 e. The first-order chi connectivity index (χ1) is 9.76. The molecule has 1 aromatic rings. The number of aromatic nitrogens is 3. The van der Waals surface area contributed by atoms with E-state index in [2.05, 4.69) is 10.3 Å². The lowest BCUT2D eigenvalue weighted by Gasteiger charge is -2.22. The monoisotopic (exact) mass is 283 g/mol. The van der Waals surface area contributed by atoms with E-state index in [1.165, 1.54) is 7.11 Å². The summed E-state index contributed by atoms with van der Waals surface area (Å²) in [5, 5.41) is 8.06. The zero-order valence-corrected chi connectivity index (χ0v) is 12.0. The molecular formula is C13H21N3O4. The highest BCUT2D eigenvalue weighted by atomic mass is 16.5. The first-order valence-corrected chi connectivity index (χ1v) is 6.83. The Morgan fingerprint density at radius 2 is 2.15 bits per heavy atom. The zero-order valence-electron chi connectivity index (χ0n) is 12.0. The number of ether oxygens (including phenoxy) is 3. The molecule has 0 unspecified atom stereocenters. The van der Waals surface area contributed by atoms with Gasteiger partial charge in [0.05, 0.1) is 19.4 Å². The molecule has 0 spiro atoms. The Morgan fingerprint density at radius 3 is 2.80 bits per heavy atom. The number of carbonyl (C=O) groups excluding carboxylic acids is 1. The van der Waals surface area contributed by atoms with Gasteiger partial charge in [0.25, 0.3) is 0 Å². The second-order valence-electron chi connectivity index (χ2n) is 4.86. The van der Waals surface area contributed by atoms with E-state index in [4.69, 9.17) is 14.2 Å². The molecule has 0 saturated carbocycles. The van der Waals surface area contributed by atoms with Crippen LogP contribution in [-0.2, 0) is 27.2 Å². The molecule has 1 aliphatic heterocycles. The first-order valence-electron chi connectivity index (χ1n) is 6.83. The zero-order chi connectivity index (χ0) is 14.4. The molecule has 0 N–H and O–H groups in total. The Bertz CT molecular complexity index is 441. The lowest BCUT2D eigenvalue weighted by molar-refractivity contribution is 0.0583. The van der Waals surface area contributed by atoms with Crippen molar-refractivity contribution in [2.45, 2.75) is 25.8 Å². The van der Waals surface area contributed by atoms with Crippen LogP contribution in [0.4, 0.5) is 0 Å². The summed E-state index contributed by atoms with van der Waals surface area (Å²) in [5.74, 6) is 0.0616. The molecule has 2 rings (SSSR count). The molecule has 0 atom stereocenters. The molecule has 2 heterocycles. The van der Waals surface area contributed by atoms with E-state index in [1.807, 2.05) is 0 Å². The van der Waals surface area contributed by atoms with Crippen LogP contribution in [0.2, 0.25) is 0 Å². The maximum atomic E-state index is 11.7. The molecule has 7 heteroatoms. The molecule has 0 bridgehead atoms. The lowest BCUT2D eigenvalue weighted by atomic mass is 10.0. The molecule has 1 aromatic heterocycles. The van der Waals surface area contributed by atoms with Crippen LogP contribution in [0.25, 0.3) is 0 Å². The van der Waals surface area contributed by atoms with Gasteiger partial charge in [-0.2, -0.15) is 0 Å². The molecule has 7 nitrogen and oxygen atoms in total. The predicted molar refractivity (Wildman–Crippen MR) is 70.5 cm³/mol. The minimum Gasteiger partial charge on any atom is -0.464 e. The molecule has 0 aromatic carbocycles. The Morgan fingerprint density at radius 1 is 1.40 bits per heavy atom. The summed E-state index contributed by atoms with van der Waals surface area (Å²) in [4.78, 5) is 11.7. The van der Waals surface area contributed by atoms with Gasteiger partial charge in [0.15, 0.2) is 5.69 Å². The average molecular weight is 283 g/mol. The van der Waals surface area contributed by atoms with Crippen LogP contribution in [0.1, 0.15) is 29.0 Å². The van der Waals surface area contributed by atoms with E-state index in [0.717, 1.165) is 38.3 Å². The fourth-order valence-corrected chi connectivity index (χ4v) is 2.35. The number of rotatable bonds is 6. The predicted octanol–water partition coefficient (Wildman–Crippen LogP) is 0.680. The minimum absolute atomic E-state index is 0.289. The van der Waals surface area contributed by atoms with Gasteiger partial charge in [0, 0.05) is 33.3 Å². The SMILES string of the molecule is COCCc1c(C(=O)OC)nnn1CC1CCOCC1. The smallest absolute Gasteiger partial charge is 0.360 e. The summed E-state index contributed by atoms with van der Waals surface area (Å²) < 4.78 is 17.0. The van der Waals surface area contributed by atoms with Gasteiger partial charge in [-0.15, -0.1) is 5.10 Å². The third-order valence-electron chi connectivity index (χ3n) is 3.53. The maximum absolute atomic E-state index is 11.7. The fourth-order valence-electron chi connectivity index (χ4n) is 2.35. The maximum Gasteiger partial charge on any atom is 0.360 e. The highest BCUT2D eigenvalue weighted by Gasteiger charge is 2.22. The number of carbonyl (C=O) groups is 1. The molecule has 0 radical (unpaired) electrons. The van der Waals surface area contributed by atoms with E-state index >= 15 is 0 Å². The topological polar surface area (TPSA) is 75.5 Å². The fraction of sp³-hybridized carbons (Fsp3) is 0.769. The van der Waals surface area contributed by atoms with Crippen molar-refractivity contribution in [2.24, 2.45) is 5.92 Å². The molecule has 0 amide bonds. The van der Waals surface area contributed by atoms with Crippen molar-refractivity contribution in [3.05, 3.63) is 11.4 Å². The summed E-state index contributed by atoms with van der Waals surface area (Å²) >= 11 is 0. The molecule has 112 valence electrons. The lowest BCUT2D eigenvalue weighted by Crippen LogP contribution is -2.22. The summed E-state index contributed by atoms with van der Waals surface area (Å²) in [6.45, 7) is 2.85. The molecule has 0 aliphatic carbocycles. The van der Waals surface area contributed by atoms with Crippen LogP contribution in [0.15, 0.2) is 0 Å². The van der Waals surface area contributed by atoms with Crippen molar-refractivity contribution in [1.82, 2.24) is 15.0 Å². The summed E-state index contributed by atoms with van der Waals surface area (Å²) in [6, 6.07) is 0. The number of hydrogen-bond acceptors (Lipinski definition) is 6. The van der Waals surface area contributed by atoms with Crippen LogP contribution in [0, 0.1) is 5.92 Å². The Kier molecular flexibility index (Phi) is 5.49.